The molecule has 0 bridgehead atoms. The zero-order chi connectivity index (χ0) is 27.4. The molecule has 1 aromatic rings. The quantitative estimate of drug-likeness (QED) is 0.218. The van der Waals surface area contributed by atoms with Crippen LogP contribution < -0.4 is 29.4 Å². The third-order valence-corrected chi connectivity index (χ3v) is 7.82. The lowest BCUT2D eigenvalue weighted by Crippen LogP contribution is -2.39. The highest BCUT2D eigenvalue weighted by molar-refractivity contribution is 6.09. The van der Waals surface area contributed by atoms with Gasteiger partial charge in [0.2, 0.25) is 0 Å². The summed E-state index contributed by atoms with van der Waals surface area (Å²) in [4.78, 5) is 15.7. The van der Waals surface area contributed by atoms with Crippen LogP contribution in [0.3, 0.4) is 0 Å². The molecule has 0 amide bonds. The third-order valence-electron chi connectivity index (χ3n) is 7.82. The van der Waals surface area contributed by atoms with Gasteiger partial charge in [-0.2, -0.15) is 0 Å². The molecule has 0 heterocycles. The monoisotopic (exact) mass is 504 g/mol. The summed E-state index contributed by atoms with van der Waals surface area (Å²) in [5, 5.41) is 0. The van der Waals surface area contributed by atoms with Gasteiger partial charge in [-0.3, -0.25) is 0 Å². The van der Waals surface area contributed by atoms with Gasteiger partial charge in [0.1, 0.15) is 0 Å². The highest BCUT2D eigenvalue weighted by Gasteiger charge is 2.35. The number of hydrogen-bond donors (Lipinski definition) is 0. The average molecular weight is 505 g/mol. The molecule has 0 aliphatic rings. The maximum atomic E-state index is 2.62. The number of hydrogen-bond acceptors (Lipinski definition) is 6. The van der Waals surface area contributed by atoms with Gasteiger partial charge in [0, 0.05) is 78.5 Å². The first-order valence-electron chi connectivity index (χ1n) is 15.1. The fourth-order valence-corrected chi connectivity index (χ4v) is 5.71. The molecule has 0 fully saturated rings. The molecule has 0 unspecified atom stereocenters. The summed E-state index contributed by atoms with van der Waals surface area (Å²) in [7, 11) is 0. The van der Waals surface area contributed by atoms with E-state index in [9.17, 15) is 0 Å². The fraction of sp³-hybridized carbons (Fsp3) is 0.800. The molecule has 210 valence electrons. The molecule has 0 N–H and O–H groups in total. The summed E-state index contributed by atoms with van der Waals surface area (Å²) in [6.45, 7) is 39.8. The van der Waals surface area contributed by atoms with E-state index in [0.717, 1.165) is 78.5 Å². The van der Waals surface area contributed by atoms with E-state index in [1.165, 1.54) is 34.1 Å². The Hall–Kier alpha value is -1.98. The minimum Gasteiger partial charge on any atom is -0.369 e. The van der Waals surface area contributed by atoms with Gasteiger partial charge < -0.3 is 29.4 Å². The van der Waals surface area contributed by atoms with Crippen molar-refractivity contribution in [2.75, 3.05) is 108 Å². The topological polar surface area (TPSA) is 19.4 Å². The van der Waals surface area contributed by atoms with Gasteiger partial charge in [-0.05, 0) is 83.1 Å². The van der Waals surface area contributed by atoms with E-state index < -0.39 is 0 Å². The van der Waals surface area contributed by atoms with Crippen LogP contribution in [0.25, 0.3) is 0 Å². The highest BCUT2D eigenvalue weighted by atomic mass is 15.3. The Bertz CT molecular complexity index is 558. The number of rotatable bonds is 18. The molecule has 0 saturated carbocycles. The molecule has 0 atom stereocenters. The largest absolute Gasteiger partial charge is 0.369 e. The maximum absolute atomic E-state index is 2.62. The van der Waals surface area contributed by atoms with Crippen molar-refractivity contribution >= 4 is 34.1 Å². The van der Waals surface area contributed by atoms with E-state index in [2.05, 4.69) is 112 Å². The first-order valence-corrected chi connectivity index (χ1v) is 15.1. The lowest BCUT2D eigenvalue weighted by molar-refractivity contribution is 0.781. The predicted molar refractivity (Wildman–Crippen MR) is 168 cm³/mol. The van der Waals surface area contributed by atoms with E-state index in [4.69, 9.17) is 0 Å². The first kappa shape index (κ1) is 32.0. The van der Waals surface area contributed by atoms with Gasteiger partial charge in [0.25, 0.3) is 0 Å². The number of nitrogens with zero attached hydrogens (tertiary/aromatic N) is 6. The number of benzene rings is 1. The molecule has 1 aromatic carbocycles. The molecule has 6 nitrogen and oxygen atoms in total. The molecule has 0 saturated heterocycles. The summed E-state index contributed by atoms with van der Waals surface area (Å²) in [5.41, 5.74) is 8.54. The van der Waals surface area contributed by atoms with Gasteiger partial charge in [0.15, 0.2) is 0 Å². The van der Waals surface area contributed by atoms with E-state index in [1.807, 2.05) is 0 Å². The summed E-state index contributed by atoms with van der Waals surface area (Å²) >= 11 is 0. The zero-order valence-electron chi connectivity index (χ0n) is 26.2. The molecular formula is C30H60N6. The van der Waals surface area contributed by atoms with Crippen molar-refractivity contribution in [3.05, 3.63) is 0 Å². The smallest absolute Gasteiger partial charge is 0.0886 e. The van der Waals surface area contributed by atoms with Crippen molar-refractivity contribution in [3.63, 3.8) is 0 Å². The maximum Gasteiger partial charge on any atom is 0.0886 e. The predicted octanol–water partition coefficient (Wildman–Crippen LogP) is 6.76. The Morgan fingerprint density at radius 3 is 0.361 bits per heavy atom. The lowest BCUT2D eigenvalue weighted by Gasteiger charge is -2.45. The summed E-state index contributed by atoms with van der Waals surface area (Å²) < 4.78 is 0. The van der Waals surface area contributed by atoms with E-state index in [0.29, 0.717) is 0 Å². The van der Waals surface area contributed by atoms with Gasteiger partial charge >= 0.3 is 0 Å². The molecule has 0 spiro atoms. The van der Waals surface area contributed by atoms with Crippen LogP contribution in [0, 0.1) is 0 Å². The molecule has 36 heavy (non-hydrogen) atoms. The first-order chi connectivity index (χ1) is 17.4. The standard InChI is InChI=1S/C30H60N6/c1-13-31(14-2)25-26(32(15-3)16-4)28(34(19-7)20-8)30(36(23-11)24-12)29(35(21-9)22-10)27(25)33(17-5)18-6/h13-24H2,1-12H3. The Morgan fingerprint density at radius 1 is 0.222 bits per heavy atom. The molecule has 6 heteroatoms. The average Bonchev–Trinajstić information content (AvgIpc) is 2.91. The Kier molecular flexibility index (Phi) is 14.2. The van der Waals surface area contributed by atoms with E-state index in [1.54, 1.807) is 0 Å². The van der Waals surface area contributed by atoms with Crippen LogP contribution in [0.2, 0.25) is 0 Å². The van der Waals surface area contributed by atoms with Crippen molar-refractivity contribution in [1.29, 1.82) is 0 Å². The fourth-order valence-electron chi connectivity index (χ4n) is 5.71. The second kappa shape index (κ2) is 16.0. The summed E-state index contributed by atoms with van der Waals surface area (Å²) in [6.07, 6.45) is 0. The van der Waals surface area contributed by atoms with Gasteiger partial charge in [-0.25, -0.2) is 0 Å². The van der Waals surface area contributed by atoms with E-state index in [-0.39, 0.29) is 0 Å². The van der Waals surface area contributed by atoms with E-state index >= 15 is 0 Å². The van der Waals surface area contributed by atoms with Crippen molar-refractivity contribution < 1.29 is 0 Å². The van der Waals surface area contributed by atoms with Crippen molar-refractivity contribution in [3.8, 4) is 0 Å². The normalized spacial score (nSPS) is 11.0. The molecule has 1 rings (SSSR count). The van der Waals surface area contributed by atoms with Crippen LogP contribution in [0.5, 0.6) is 0 Å². The van der Waals surface area contributed by atoms with Crippen molar-refractivity contribution in [1.82, 2.24) is 0 Å². The van der Waals surface area contributed by atoms with Crippen LogP contribution >= 0.6 is 0 Å². The summed E-state index contributed by atoms with van der Waals surface area (Å²) in [5.74, 6) is 0. The van der Waals surface area contributed by atoms with Gasteiger partial charge in [0.05, 0.1) is 34.1 Å². The highest BCUT2D eigenvalue weighted by Crippen LogP contribution is 2.57. The Balaban J connectivity index is 4.74. The van der Waals surface area contributed by atoms with Crippen LogP contribution in [0.1, 0.15) is 83.1 Å². The number of anilines is 6. The molecular weight excluding hydrogens is 444 g/mol. The minimum absolute atomic E-state index is 0.999. The van der Waals surface area contributed by atoms with Crippen LogP contribution in [-0.2, 0) is 0 Å². The van der Waals surface area contributed by atoms with Crippen LogP contribution in [-0.4, -0.2) is 78.5 Å². The lowest BCUT2D eigenvalue weighted by atomic mass is 10.0. The van der Waals surface area contributed by atoms with Crippen LogP contribution in [0.4, 0.5) is 34.1 Å². The molecule has 0 aliphatic carbocycles. The molecule has 0 aromatic heterocycles. The van der Waals surface area contributed by atoms with Crippen molar-refractivity contribution in [2.24, 2.45) is 0 Å². The van der Waals surface area contributed by atoms with Gasteiger partial charge in [-0.1, -0.05) is 0 Å². The minimum atomic E-state index is 0.999. The van der Waals surface area contributed by atoms with Crippen molar-refractivity contribution in [2.45, 2.75) is 83.1 Å². The second-order valence-electron chi connectivity index (χ2n) is 9.13. The summed E-state index contributed by atoms with van der Waals surface area (Å²) in [6, 6.07) is 0. The second-order valence-corrected chi connectivity index (χ2v) is 9.13. The SMILES string of the molecule is CCN(CC)c1c(N(CC)CC)c(N(CC)CC)c(N(CC)CC)c(N(CC)CC)c1N(CC)CC. The third kappa shape index (κ3) is 6.28. The Morgan fingerprint density at radius 2 is 0.306 bits per heavy atom. The molecule has 0 radical (unpaired) electrons. The zero-order valence-corrected chi connectivity index (χ0v) is 26.2. The van der Waals surface area contributed by atoms with Crippen LogP contribution in [0.15, 0.2) is 0 Å². The van der Waals surface area contributed by atoms with Gasteiger partial charge in [-0.15, -0.1) is 0 Å². The Labute approximate surface area is 225 Å². The molecule has 0 aliphatic heterocycles.